The SMILES string of the molecule is COCCCNc1c(F)cc(C(=O)OC)cc1[N+](=O)[O-]. The van der Waals surface area contributed by atoms with Crippen LogP contribution in [0.1, 0.15) is 16.8 Å². The molecule has 0 amide bonds. The number of nitro groups is 1. The Kier molecular flexibility index (Phi) is 5.85. The van der Waals surface area contributed by atoms with Crippen molar-refractivity contribution in [3.8, 4) is 0 Å². The number of rotatable bonds is 7. The maximum atomic E-state index is 13.9. The Morgan fingerprint density at radius 1 is 1.45 bits per heavy atom. The minimum Gasteiger partial charge on any atom is -0.465 e. The smallest absolute Gasteiger partial charge is 0.338 e. The Morgan fingerprint density at radius 2 is 2.15 bits per heavy atom. The predicted molar refractivity (Wildman–Crippen MR) is 69.4 cm³/mol. The van der Waals surface area contributed by atoms with Crippen LogP contribution in [0.4, 0.5) is 15.8 Å². The molecule has 0 unspecified atom stereocenters. The van der Waals surface area contributed by atoms with Gasteiger partial charge in [0.05, 0.1) is 17.6 Å². The maximum absolute atomic E-state index is 13.9. The molecule has 1 aromatic rings. The average Bonchev–Trinajstić information content (AvgIpc) is 2.43. The van der Waals surface area contributed by atoms with Crippen LogP contribution in [0.15, 0.2) is 12.1 Å². The van der Waals surface area contributed by atoms with E-state index in [1.165, 1.54) is 7.11 Å². The predicted octanol–water partition coefficient (Wildman–Crippen LogP) is 1.97. The molecular weight excluding hydrogens is 271 g/mol. The summed E-state index contributed by atoms with van der Waals surface area (Å²) < 4.78 is 23.1. The monoisotopic (exact) mass is 286 g/mol. The molecule has 7 nitrogen and oxygen atoms in total. The van der Waals surface area contributed by atoms with Crippen LogP contribution < -0.4 is 5.32 Å². The van der Waals surface area contributed by atoms with Gasteiger partial charge in [-0.1, -0.05) is 0 Å². The van der Waals surface area contributed by atoms with E-state index in [0.29, 0.717) is 19.6 Å². The summed E-state index contributed by atoms with van der Waals surface area (Å²) in [6, 6.07) is 1.88. The van der Waals surface area contributed by atoms with Gasteiger partial charge in [0.25, 0.3) is 5.69 Å². The molecule has 0 heterocycles. The van der Waals surface area contributed by atoms with Crippen molar-refractivity contribution >= 4 is 17.3 Å². The van der Waals surface area contributed by atoms with Crippen molar-refractivity contribution < 1.29 is 23.6 Å². The highest BCUT2D eigenvalue weighted by Gasteiger charge is 2.22. The van der Waals surface area contributed by atoms with Crippen LogP contribution in [0.5, 0.6) is 0 Å². The van der Waals surface area contributed by atoms with Gasteiger partial charge in [0.1, 0.15) is 5.69 Å². The standard InChI is InChI=1S/C12H15FN2O5/c1-19-5-3-4-14-11-9(13)6-8(12(16)20-2)7-10(11)15(17)18/h6-7,14H,3-5H2,1-2H3. The van der Waals surface area contributed by atoms with E-state index in [9.17, 15) is 19.3 Å². The molecule has 0 saturated carbocycles. The van der Waals surface area contributed by atoms with Gasteiger partial charge in [-0.15, -0.1) is 0 Å². The molecule has 0 spiro atoms. The molecule has 0 saturated heterocycles. The summed E-state index contributed by atoms with van der Waals surface area (Å²) in [5.41, 5.74) is -0.972. The molecule has 1 aromatic carbocycles. The second-order valence-electron chi connectivity index (χ2n) is 3.87. The fraction of sp³-hybridized carbons (Fsp3) is 0.417. The molecule has 1 N–H and O–H groups in total. The third-order valence-corrected chi connectivity index (χ3v) is 2.51. The van der Waals surface area contributed by atoms with E-state index in [0.717, 1.165) is 19.2 Å². The molecule has 8 heteroatoms. The van der Waals surface area contributed by atoms with Crippen molar-refractivity contribution in [3.63, 3.8) is 0 Å². The number of methoxy groups -OCH3 is 2. The number of nitro benzene ring substituents is 1. The number of carbonyl (C=O) groups excluding carboxylic acids is 1. The number of hydrogen-bond acceptors (Lipinski definition) is 6. The van der Waals surface area contributed by atoms with Gasteiger partial charge >= 0.3 is 5.97 Å². The number of benzene rings is 1. The first kappa shape index (κ1) is 15.8. The summed E-state index contributed by atoms with van der Waals surface area (Å²) in [7, 11) is 2.64. The van der Waals surface area contributed by atoms with E-state index in [1.807, 2.05) is 0 Å². The van der Waals surface area contributed by atoms with Crippen LogP contribution in [0.3, 0.4) is 0 Å². The summed E-state index contributed by atoms with van der Waals surface area (Å²) in [5, 5.41) is 13.6. The topological polar surface area (TPSA) is 90.7 Å². The van der Waals surface area contributed by atoms with Crippen molar-refractivity contribution in [2.75, 3.05) is 32.7 Å². The van der Waals surface area contributed by atoms with E-state index in [-0.39, 0.29) is 11.3 Å². The number of halogens is 1. The van der Waals surface area contributed by atoms with Gasteiger partial charge in [0.15, 0.2) is 5.82 Å². The largest absolute Gasteiger partial charge is 0.465 e. The number of hydrogen-bond donors (Lipinski definition) is 1. The van der Waals surface area contributed by atoms with E-state index >= 15 is 0 Å². The second-order valence-corrected chi connectivity index (χ2v) is 3.87. The van der Waals surface area contributed by atoms with Gasteiger partial charge < -0.3 is 14.8 Å². The molecule has 1 rings (SSSR count). The van der Waals surface area contributed by atoms with E-state index in [2.05, 4.69) is 10.1 Å². The lowest BCUT2D eigenvalue weighted by Gasteiger charge is -2.09. The normalized spacial score (nSPS) is 10.2. The molecule has 0 radical (unpaired) electrons. The second kappa shape index (κ2) is 7.39. The zero-order valence-electron chi connectivity index (χ0n) is 11.1. The Hall–Kier alpha value is -2.22. The van der Waals surface area contributed by atoms with Crippen LogP contribution >= 0.6 is 0 Å². The highest BCUT2D eigenvalue weighted by Crippen LogP contribution is 2.29. The maximum Gasteiger partial charge on any atom is 0.338 e. The highest BCUT2D eigenvalue weighted by atomic mass is 19.1. The Labute approximate surface area is 114 Å². The molecular formula is C12H15FN2O5. The van der Waals surface area contributed by atoms with Crippen LogP contribution in [0, 0.1) is 15.9 Å². The third-order valence-electron chi connectivity index (χ3n) is 2.51. The zero-order chi connectivity index (χ0) is 15.1. The minimum atomic E-state index is -0.878. The van der Waals surface area contributed by atoms with Crippen LogP contribution in [-0.4, -0.2) is 38.3 Å². The summed E-state index contributed by atoms with van der Waals surface area (Å²) in [5.74, 6) is -1.71. The first-order valence-corrected chi connectivity index (χ1v) is 5.80. The van der Waals surface area contributed by atoms with Crippen molar-refractivity contribution in [1.29, 1.82) is 0 Å². The summed E-state index contributed by atoms with van der Waals surface area (Å²) >= 11 is 0. The summed E-state index contributed by atoms with van der Waals surface area (Å²) in [6.45, 7) is 0.756. The molecule has 0 aliphatic carbocycles. The molecule has 0 aliphatic rings. The molecule has 20 heavy (non-hydrogen) atoms. The van der Waals surface area contributed by atoms with Gasteiger partial charge in [-0.25, -0.2) is 9.18 Å². The van der Waals surface area contributed by atoms with E-state index in [1.54, 1.807) is 0 Å². The summed E-state index contributed by atoms with van der Waals surface area (Å²) in [4.78, 5) is 21.5. The Morgan fingerprint density at radius 3 is 2.70 bits per heavy atom. The first-order chi connectivity index (χ1) is 9.51. The number of nitrogens with one attached hydrogen (secondary N) is 1. The molecule has 0 fully saturated rings. The zero-order valence-corrected chi connectivity index (χ0v) is 11.1. The molecule has 0 aromatic heterocycles. The van der Waals surface area contributed by atoms with Crippen molar-refractivity contribution in [1.82, 2.24) is 0 Å². The van der Waals surface area contributed by atoms with Gasteiger partial charge in [-0.2, -0.15) is 0 Å². The fourth-order valence-electron chi connectivity index (χ4n) is 1.58. The van der Waals surface area contributed by atoms with Gasteiger partial charge in [-0.05, 0) is 12.5 Å². The molecule has 0 atom stereocenters. The van der Waals surface area contributed by atoms with Crippen LogP contribution in [-0.2, 0) is 9.47 Å². The number of esters is 1. The van der Waals surface area contributed by atoms with Gasteiger partial charge in [0, 0.05) is 26.3 Å². The average molecular weight is 286 g/mol. The fourth-order valence-corrected chi connectivity index (χ4v) is 1.58. The molecule has 110 valence electrons. The Bertz CT molecular complexity index is 507. The first-order valence-electron chi connectivity index (χ1n) is 5.80. The minimum absolute atomic E-state index is 0.209. The van der Waals surface area contributed by atoms with Crippen LogP contribution in [0.2, 0.25) is 0 Å². The lowest BCUT2D eigenvalue weighted by molar-refractivity contribution is -0.384. The highest BCUT2D eigenvalue weighted by molar-refractivity contribution is 5.91. The van der Waals surface area contributed by atoms with Gasteiger partial charge in [-0.3, -0.25) is 10.1 Å². The summed E-state index contributed by atoms with van der Waals surface area (Å²) in [6.07, 6.45) is 0.561. The number of ether oxygens (including phenoxy) is 2. The lowest BCUT2D eigenvalue weighted by Crippen LogP contribution is -2.10. The molecule has 0 bridgehead atoms. The van der Waals surface area contributed by atoms with Crippen LogP contribution in [0.25, 0.3) is 0 Å². The van der Waals surface area contributed by atoms with Gasteiger partial charge in [0.2, 0.25) is 0 Å². The third kappa shape index (κ3) is 3.89. The van der Waals surface area contributed by atoms with E-state index < -0.39 is 22.4 Å². The van der Waals surface area contributed by atoms with Crippen molar-refractivity contribution in [2.45, 2.75) is 6.42 Å². The number of nitrogens with zero attached hydrogens (tertiary/aromatic N) is 1. The lowest BCUT2D eigenvalue weighted by atomic mass is 10.1. The van der Waals surface area contributed by atoms with E-state index in [4.69, 9.17) is 4.74 Å². The molecule has 0 aliphatic heterocycles. The quantitative estimate of drug-likeness (QED) is 0.356. The Balaban J connectivity index is 3.03. The number of anilines is 1. The van der Waals surface area contributed by atoms with Crippen molar-refractivity contribution in [2.24, 2.45) is 0 Å². The number of carbonyl (C=O) groups is 1. The van der Waals surface area contributed by atoms with Crippen molar-refractivity contribution in [3.05, 3.63) is 33.6 Å².